The summed E-state index contributed by atoms with van der Waals surface area (Å²) in [6.45, 7) is 1.49. The van der Waals surface area contributed by atoms with Crippen molar-refractivity contribution in [3.63, 3.8) is 0 Å². The molecular weight excluding hydrogens is 390 g/mol. The number of ether oxygens (including phenoxy) is 2. The van der Waals surface area contributed by atoms with Gasteiger partial charge in [-0.2, -0.15) is 0 Å². The topological polar surface area (TPSA) is 102 Å². The van der Waals surface area contributed by atoms with Crippen molar-refractivity contribution < 1.29 is 24.0 Å². The maximum absolute atomic E-state index is 12.9. The third-order valence-corrected chi connectivity index (χ3v) is 5.05. The maximum atomic E-state index is 12.9. The van der Waals surface area contributed by atoms with Crippen LogP contribution in [0.3, 0.4) is 0 Å². The van der Waals surface area contributed by atoms with Gasteiger partial charge in [0.2, 0.25) is 5.91 Å². The molecule has 2 aromatic rings. The third-order valence-electron chi connectivity index (χ3n) is 5.05. The van der Waals surface area contributed by atoms with Crippen molar-refractivity contribution in [1.29, 1.82) is 0 Å². The number of methoxy groups -OCH3 is 2. The molecule has 30 heavy (non-hydrogen) atoms. The molecular formula is C21H23N3O6. The minimum absolute atomic E-state index is 0.0435. The summed E-state index contributed by atoms with van der Waals surface area (Å²) in [7, 11) is 3.04. The zero-order chi connectivity index (χ0) is 21.7. The van der Waals surface area contributed by atoms with Gasteiger partial charge in [0.25, 0.3) is 11.6 Å². The summed E-state index contributed by atoms with van der Waals surface area (Å²) in [5.41, 5.74) is 0.770. The highest BCUT2D eigenvalue weighted by atomic mass is 16.6. The molecule has 1 aliphatic rings. The number of rotatable bonds is 6. The lowest BCUT2D eigenvalue weighted by Crippen LogP contribution is -2.51. The lowest BCUT2D eigenvalue weighted by Gasteiger charge is -2.35. The van der Waals surface area contributed by atoms with Crippen LogP contribution in [0.4, 0.5) is 5.69 Å². The van der Waals surface area contributed by atoms with Gasteiger partial charge < -0.3 is 19.3 Å². The van der Waals surface area contributed by atoms with Gasteiger partial charge in [0.1, 0.15) is 11.5 Å². The smallest absolute Gasteiger partial charge is 0.273 e. The van der Waals surface area contributed by atoms with E-state index in [-0.39, 0.29) is 23.9 Å². The summed E-state index contributed by atoms with van der Waals surface area (Å²) in [5.74, 6) is 0.685. The normalized spacial score (nSPS) is 13.7. The van der Waals surface area contributed by atoms with Gasteiger partial charge in [0, 0.05) is 49.4 Å². The number of amides is 2. The molecule has 2 aromatic carbocycles. The largest absolute Gasteiger partial charge is 0.497 e. The van der Waals surface area contributed by atoms with Crippen molar-refractivity contribution in [2.75, 3.05) is 40.4 Å². The number of nitro benzene ring substituents is 1. The van der Waals surface area contributed by atoms with E-state index in [1.165, 1.54) is 20.3 Å². The van der Waals surface area contributed by atoms with Crippen LogP contribution in [0.25, 0.3) is 0 Å². The highest BCUT2D eigenvalue weighted by Gasteiger charge is 2.26. The number of piperazine rings is 1. The average Bonchev–Trinajstić information content (AvgIpc) is 2.78. The van der Waals surface area contributed by atoms with Gasteiger partial charge in [0.15, 0.2) is 0 Å². The van der Waals surface area contributed by atoms with Gasteiger partial charge in [-0.25, -0.2) is 0 Å². The van der Waals surface area contributed by atoms with Crippen molar-refractivity contribution in [3.8, 4) is 11.5 Å². The first-order valence-electron chi connectivity index (χ1n) is 9.45. The van der Waals surface area contributed by atoms with Crippen molar-refractivity contribution in [2.24, 2.45) is 0 Å². The molecule has 1 fully saturated rings. The average molecular weight is 413 g/mol. The van der Waals surface area contributed by atoms with Crippen LogP contribution in [0.5, 0.6) is 11.5 Å². The van der Waals surface area contributed by atoms with Crippen molar-refractivity contribution >= 4 is 17.5 Å². The molecule has 0 atom stereocenters. The Hall–Kier alpha value is -3.62. The summed E-state index contributed by atoms with van der Waals surface area (Å²) in [4.78, 5) is 39.4. The standard InChI is InChI=1S/C21H23N3O6/c1-29-17-11-16(12-18(14-17)30-2)21(26)23-9-7-22(8-10-23)20(25)13-15-5-3-4-6-19(15)24(27)28/h3-6,11-12,14H,7-10,13H2,1-2H3. The van der Waals surface area contributed by atoms with Crippen LogP contribution in [0.15, 0.2) is 42.5 Å². The molecule has 2 amide bonds. The molecule has 3 rings (SSSR count). The third kappa shape index (κ3) is 4.68. The molecule has 0 spiro atoms. The number of para-hydroxylation sites is 1. The quantitative estimate of drug-likeness (QED) is 0.531. The minimum Gasteiger partial charge on any atom is -0.497 e. The van der Waals surface area contributed by atoms with Crippen LogP contribution in [0.1, 0.15) is 15.9 Å². The van der Waals surface area contributed by atoms with Gasteiger partial charge >= 0.3 is 0 Å². The van der Waals surface area contributed by atoms with E-state index < -0.39 is 4.92 Å². The van der Waals surface area contributed by atoms with E-state index in [1.807, 2.05) is 0 Å². The van der Waals surface area contributed by atoms with Crippen LogP contribution in [0, 0.1) is 10.1 Å². The molecule has 0 saturated carbocycles. The van der Waals surface area contributed by atoms with E-state index in [1.54, 1.807) is 46.2 Å². The Balaban J connectivity index is 1.63. The second-order valence-corrected chi connectivity index (χ2v) is 6.84. The maximum Gasteiger partial charge on any atom is 0.273 e. The number of benzene rings is 2. The predicted octanol–water partition coefficient (Wildman–Crippen LogP) is 2.14. The number of carbonyl (C=O) groups excluding carboxylic acids is 2. The Labute approximate surface area is 173 Å². The number of nitrogens with zero attached hydrogens (tertiary/aromatic N) is 3. The molecule has 0 unspecified atom stereocenters. The SMILES string of the molecule is COc1cc(OC)cc(C(=O)N2CCN(C(=O)Cc3ccccc3[N+](=O)[O-])CC2)c1. The van der Waals surface area contributed by atoms with E-state index >= 15 is 0 Å². The van der Waals surface area contributed by atoms with Gasteiger partial charge in [-0.05, 0) is 12.1 Å². The summed E-state index contributed by atoms with van der Waals surface area (Å²) < 4.78 is 10.4. The van der Waals surface area contributed by atoms with Crippen LogP contribution in [0.2, 0.25) is 0 Å². The fourth-order valence-corrected chi connectivity index (χ4v) is 3.39. The van der Waals surface area contributed by atoms with E-state index in [9.17, 15) is 19.7 Å². The molecule has 1 aliphatic heterocycles. The fourth-order valence-electron chi connectivity index (χ4n) is 3.39. The summed E-state index contributed by atoms with van der Waals surface area (Å²) in [5, 5.41) is 11.1. The number of carbonyl (C=O) groups is 2. The van der Waals surface area contributed by atoms with E-state index in [2.05, 4.69) is 0 Å². The van der Waals surface area contributed by atoms with Crippen molar-refractivity contribution in [2.45, 2.75) is 6.42 Å². The van der Waals surface area contributed by atoms with Gasteiger partial charge in [-0.1, -0.05) is 18.2 Å². The molecule has 158 valence electrons. The number of nitro groups is 1. The predicted molar refractivity (Wildman–Crippen MR) is 109 cm³/mol. The molecule has 9 heteroatoms. The van der Waals surface area contributed by atoms with Gasteiger partial charge in [-0.3, -0.25) is 19.7 Å². The molecule has 0 radical (unpaired) electrons. The summed E-state index contributed by atoms with van der Waals surface area (Å²) >= 11 is 0. The zero-order valence-electron chi connectivity index (χ0n) is 16.9. The molecule has 1 heterocycles. The lowest BCUT2D eigenvalue weighted by molar-refractivity contribution is -0.385. The van der Waals surface area contributed by atoms with Crippen LogP contribution in [-0.4, -0.2) is 66.9 Å². The Morgan fingerprint density at radius 2 is 1.53 bits per heavy atom. The van der Waals surface area contributed by atoms with E-state index in [0.29, 0.717) is 48.8 Å². The molecule has 0 N–H and O–H groups in total. The van der Waals surface area contributed by atoms with Crippen molar-refractivity contribution in [3.05, 3.63) is 63.7 Å². The highest BCUT2D eigenvalue weighted by molar-refractivity contribution is 5.95. The second kappa shape index (κ2) is 9.25. The summed E-state index contributed by atoms with van der Waals surface area (Å²) in [6, 6.07) is 11.2. The Morgan fingerprint density at radius 3 is 2.10 bits per heavy atom. The summed E-state index contributed by atoms with van der Waals surface area (Å²) in [6.07, 6.45) is -0.0435. The van der Waals surface area contributed by atoms with E-state index in [4.69, 9.17) is 9.47 Å². The molecule has 9 nitrogen and oxygen atoms in total. The first kappa shape index (κ1) is 21.1. The minimum atomic E-state index is -0.484. The molecule has 0 aromatic heterocycles. The Bertz CT molecular complexity index is 931. The van der Waals surface area contributed by atoms with Crippen LogP contribution >= 0.6 is 0 Å². The molecule has 1 saturated heterocycles. The number of hydrogen-bond acceptors (Lipinski definition) is 6. The van der Waals surface area contributed by atoms with Crippen molar-refractivity contribution in [1.82, 2.24) is 9.80 Å². The Morgan fingerprint density at radius 1 is 0.967 bits per heavy atom. The Kier molecular flexibility index (Phi) is 6.51. The molecule has 0 aliphatic carbocycles. The van der Waals surface area contributed by atoms with E-state index in [0.717, 1.165) is 0 Å². The zero-order valence-corrected chi connectivity index (χ0v) is 16.9. The van der Waals surface area contributed by atoms with Gasteiger partial charge in [0.05, 0.1) is 25.6 Å². The highest BCUT2D eigenvalue weighted by Crippen LogP contribution is 2.24. The first-order chi connectivity index (χ1) is 14.4. The van der Waals surface area contributed by atoms with Crippen LogP contribution < -0.4 is 9.47 Å². The van der Waals surface area contributed by atoms with Gasteiger partial charge in [-0.15, -0.1) is 0 Å². The van der Waals surface area contributed by atoms with Crippen LogP contribution in [-0.2, 0) is 11.2 Å². The monoisotopic (exact) mass is 413 g/mol. The number of hydrogen-bond donors (Lipinski definition) is 0. The first-order valence-corrected chi connectivity index (χ1v) is 9.45. The fraction of sp³-hybridized carbons (Fsp3) is 0.333. The lowest BCUT2D eigenvalue weighted by atomic mass is 10.1. The second-order valence-electron chi connectivity index (χ2n) is 6.84. The molecule has 0 bridgehead atoms.